The minimum absolute atomic E-state index is 0.673. The van der Waals surface area contributed by atoms with Gasteiger partial charge in [0.05, 0.1) is 23.8 Å². The lowest BCUT2D eigenvalue weighted by molar-refractivity contribution is 0.872. The number of benzene rings is 1. The first-order valence-electron chi connectivity index (χ1n) is 4.23. The molecular weight excluding hydrogens is 242 g/mol. The van der Waals surface area contributed by atoms with Gasteiger partial charge in [-0.25, -0.2) is 4.68 Å². The maximum Gasteiger partial charge on any atom is 0.0724 e. The van der Waals surface area contributed by atoms with Crippen molar-refractivity contribution in [3.63, 3.8) is 0 Å². The van der Waals surface area contributed by atoms with Gasteiger partial charge in [0.1, 0.15) is 0 Å². The number of hydrogen-bond donors (Lipinski definition) is 1. The topological polar surface area (TPSA) is 43.8 Å². The Morgan fingerprint density at radius 3 is 2.79 bits per heavy atom. The van der Waals surface area contributed by atoms with E-state index in [9.17, 15) is 0 Å². The lowest BCUT2D eigenvalue weighted by Gasteiger charge is -2.05. The molecule has 72 valence electrons. The molecule has 1 heterocycles. The molecule has 0 bridgehead atoms. The number of nitrogens with two attached hydrogens (primary N) is 1. The zero-order valence-electron chi connectivity index (χ0n) is 7.74. The summed E-state index contributed by atoms with van der Waals surface area (Å²) in [7, 11) is 0. The standard InChI is InChI=1S/C10H10BrN3/c1-7-4-8(11)2-3-10(7)14-6-9(12)5-13-14/h2-6H,12H2,1H3. The van der Waals surface area contributed by atoms with E-state index in [1.54, 1.807) is 17.1 Å². The monoisotopic (exact) mass is 251 g/mol. The van der Waals surface area contributed by atoms with Crippen LogP contribution in [0, 0.1) is 6.92 Å². The molecule has 4 heteroatoms. The number of hydrogen-bond acceptors (Lipinski definition) is 2. The molecule has 1 aromatic heterocycles. The van der Waals surface area contributed by atoms with Crippen LogP contribution in [0.15, 0.2) is 35.1 Å². The molecule has 3 nitrogen and oxygen atoms in total. The number of aryl methyl sites for hydroxylation is 1. The zero-order valence-corrected chi connectivity index (χ0v) is 9.32. The van der Waals surface area contributed by atoms with Crippen molar-refractivity contribution in [3.05, 3.63) is 40.6 Å². The summed E-state index contributed by atoms with van der Waals surface area (Å²) in [5, 5.41) is 4.15. The average Bonchev–Trinajstić information content (AvgIpc) is 2.51. The number of nitrogens with zero attached hydrogens (tertiary/aromatic N) is 2. The van der Waals surface area contributed by atoms with Crippen molar-refractivity contribution in [1.82, 2.24) is 9.78 Å². The molecule has 0 radical (unpaired) electrons. The first kappa shape index (κ1) is 9.27. The van der Waals surface area contributed by atoms with E-state index in [0.29, 0.717) is 5.69 Å². The molecule has 0 aliphatic carbocycles. The number of rotatable bonds is 1. The van der Waals surface area contributed by atoms with Crippen LogP contribution in [0.2, 0.25) is 0 Å². The molecule has 0 aliphatic rings. The van der Waals surface area contributed by atoms with Gasteiger partial charge in [-0.1, -0.05) is 15.9 Å². The third-order valence-electron chi connectivity index (χ3n) is 2.01. The predicted octanol–water partition coefficient (Wildman–Crippen LogP) is 2.53. The Morgan fingerprint density at radius 1 is 1.43 bits per heavy atom. The highest BCUT2D eigenvalue weighted by molar-refractivity contribution is 9.10. The molecule has 2 rings (SSSR count). The highest BCUT2D eigenvalue weighted by Gasteiger charge is 2.02. The average molecular weight is 252 g/mol. The smallest absolute Gasteiger partial charge is 0.0724 e. The first-order chi connectivity index (χ1) is 6.66. The van der Waals surface area contributed by atoms with Gasteiger partial charge in [-0.15, -0.1) is 0 Å². The van der Waals surface area contributed by atoms with Crippen LogP contribution in [0.1, 0.15) is 5.56 Å². The highest BCUT2D eigenvalue weighted by atomic mass is 79.9. The molecule has 0 aliphatic heterocycles. The van der Waals surface area contributed by atoms with Crippen molar-refractivity contribution < 1.29 is 0 Å². The Balaban J connectivity index is 2.52. The second kappa shape index (κ2) is 3.46. The fourth-order valence-electron chi connectivity index (χ4n) is 1.34. The Bertz CT molecular complexity index is 462. The van der Waals surface area contributed by atoms with Gasteiger partial charge < -0.3 is 5.73 Å². The van der Waals surface area contributed by atoms with E-state index in [1.807, 2.05) is 25.1 Å². The molecule has 0 fully saturated rings. The third-order valence-corrected chi connectivity index (χ3v) is 2.50. The van der Waals surface area contributed by atoms with Crippen molar-refractivity contribution in [3.8, 4) is 5.69 Å². The van der Waals surface area contributed by atoms with Gasteiger partial charge in [0.2, 0.25) is 0 Å². The van der Waals surface area contributed by atoms with Gasteiger partial charge in [0.15, 0.2) is 0 Å². The van der Waals surface area contributed by atoms with E-state index in [4.69, 9.17) is 5.73 Å². The molecule has 2 N–H and O–H groups in total. The Hall–Kier alpha value is -1.29. The predicted molar refractivity (Wildman–Crippen MR) is 60.4 cm³/mol. The van der Waals surface area contributed by atoms with Gasteiger partial charge in [-0.05, 0) is 30.7 Å². The molecule has 0 atom stereocenters. The van der Waals surface area contributed by atoms with Gasteiger partial charge in [-0.3, -0.25) is 0 Å². The van der Waals surface area contributed by atoms with E-state index < -0.39 is 0 Å². The number of nitrogen functional groups attached to an aromatic ring is 1. The summed E-state index contributed by atoms with van der Waals surface area (Å²) in [4.78, 5) is 0. The van der Waals surface area contributed by atoms with Crippen LogP contribution >= 0.6 is 15.9 Å². The molecular formula is C10H10BrN3. The SMILES string of the molecule is Cc1cc(Br)ccc1-n1cc(N)cn1. The molecule has 0 saturated heterocycles. The summed E-state index contributed by atoms with van der Waals surface area (Å²) in [5.41, 5.74) is 8.48. The van der Waals surface area contributed by atoms with E-state index in [2.05, 4.69) is 21.0 Å². The van der Waals surface area contributed by atoms with Crippen LogP contribution in [-0.2, 0) is 0 Å². The Kier molecular flexibility index (Phi) is 2.29. The van der Waals surface area contributed by atoms with E-state index >= 15 is 0 Å². The Morgan fingerprint density at radius 2 is 2.21 bits per heavy atom. The maximum absolute atomic E-state index is 5.60. The van der Waals surface area contributed by atoms with Gasteiger partial charge >= 0.3 is 0 Å². The van der Waals surface area contributed by atoms with Crippen LogP contribution in [0.4, 0.5) is 5.69 Å². The van der Waals surface area contributed by atoms with E-state index in [1.165, 1.54) is 0 Å². The minimum atomic E-state index is 0.673. The Labute approximate surface area is 90.7 Å². The summed E-state index contributed by atoms with van der Waals surface area (Å²) in [6, 6.07) is 6.04. The van der Waals surface area contributed by atoms with E-state index in [-0.39, 0.29) is 0 Å². The minimum Gasteiger partial charge on any atom is -0.396 e. The largest absolute Gasteiger partial charge is 0.396 e. The molecule has 14 heavy (non-hydrogen) atoms. The summed E-state index contributed by atoms with van der Waals surface area (Å²) < 4.78 is 2.84. The third kappa shape index (κ3) is 1.65. The second-order valence-electron chi connectivity index (χ2n) is 3.15. The fourth-order valence-corrected chi connectivity index (χ4v) is 1.82. The van der Waals surface area contributed by atoms with Crippen molar-refractivity contribution in [2.24, 2.45) is 0 Å². The summed E-state index contributed by atoms with van der Waals surface area (Å²) >= 11 is 3.42. The summed E-state index contributed by atoms with van der Waals surface area (Å²) in [6.45, 7) is 2.04. The van der Waals surface area contributed by atoms with Gasteiger partial charge in [-0.2, -0.15) is 5.10 Å². The van der Waals surface area contributed by atoms with E-state index in [0.717, 1.165) is 15.7 Å². The first-order valence-corrected chi connectivity index (χ1v) is 5.03. The van der Waals surface area contributed by atoms with Gasteiger partial charge in [0.25, 0.3) is 0 Å². The fraction of sp³-hybridized carbons (Fsp3) is 0.100. The molecule has 1 aromatic carbocycles. The highest BCUT2D eigenvalue weighted by Crippen LogP contribution is 2.19. The summed E-state index contributed by atoms with van der Waals surface area (Å²) in [5.74, 6) is 0. The molecule has 0 saturated carbocycles. The number of aromatic nitrogens is 2. The lowest BCUT2D eigenvalue weighted by Crippen LogP contribution is -1.96. The zero-order chi connectivity index (χ0) is 10.1. The van der Waals surface area contributed by atoms with Crippen LogP contribution in [0.25, 0.3) is 5.69 Å². The van der Waals surface area contributed by atoms with Gasteiger partial charge in [0, 0.05) is 4.47 Å². The van der Waals surface area contributed by atoms with Crippen molar-refractivity contribution in [2.45, 2.75) is 6.92 Å². The molecule has 0 unspecified atom stereocenters. The quantitative estimate of drug-likeness (QED) is 0.847. The van der Waals surface area contributed by atoms with Crippen molar-refractivity contribution >= 4 is 21.6 Å². The summed E-state index contributed by atoms with van der Waals surface area (Å²) in [6.07, 6.45) is 3.44. The van der Waals surface area contributed by atoms with Crippen LogP contribution in [0.3, 0.4) is 0 Å². The molecule has 2 aromatic rings. The maximum atomic E-state index is 5.60. The van der Waals surface area contributed by atoms with Crippen LogP contribution < -0.4 is 5.73 Å². The van der Waals surface area contributed by atoms with Crippen molar-refractivity contribution in [1.29, 1.82) is 0 Å². The van der Waals surface area contributed by atoms with Crippen LogP contribution in [-0.4, -0.2) is 9.78 Å². The molecule has 0 spiro atoms. The normalized spacial score (nSPS) is 10.4. The number of halogens is 1. The number of anilines is 1. The molecule has 0 amide bonds. The van der Waals surface area contributed by atoms with Crippen LogP contribution in [0.5, 0.6) is 0 Å². The van der Waals surface area contributed by atoms with Crippen molar-refractivity contribution in [2.75, 3.05) is 5.73 Å². The second-order valence-corrected chi connectivity index (χ2v) is 4.06. The lowest BCUT2D eigenvalue weighted by atomic mass is 10.2.